The number of esters is 1. The van der Waals surface area contributed by atoms with E-state index in [2.05, 4.69) is 0 Å². The number of hydrogen-bond acceptors (Lipinski definition) is 5. The summed E-state index contributed by atoms with van der Waals surface area (Å²) in [5.41, 5.74) is 0.983. The third kappa shape index (κ3) is 2.50. The first-order valence-electron chi connectivity index (χ1n) is 10.0. The maximum atomic E-state index is 13.4. The Morgan fingerprint density at radius 1 is 1.07 bits per heavy atom. The number of fused-ring (bicyclic) bond motifs is 1. The summed E-state index contributed by atoms with van der Waals surface area (Å²) < 4.78 is 16.3. The van der Waals surface area contributed by atoms with Gasteiger partial charge in [-0.05, 0) is 62.3 Å². The molecule has 4 aliphatic carbocycles. The summed E-state index contributed by atoms with van der Waals surface area (Å²) in [6, 6.07) is 3.61. The van der Waals surface area contributed by atoms with E-state index in [1.165, 1.54) is 26.4 Å². The van der Waals surface area contributed by atoms with Crippen molar-refractivity contribution in [3.05, 3.63) is 23.3 Å². The largest absolute Gasteiger partial charge is 0.493 e. The van der Waals surface area contributed by atoms with Gasteiger partial charge in [0.25, 0.3) is 0 Å². The number of benzene rings is 1. The van der Waals surface area contributed by atoms with Gasteiger partial charge in [-0.25, -0.2) is 4.79 Å². The van der Waals surface area contributed by atoms with Crippen LogP contribution < -0.4 is 9.47 Å². The highest BCUT2D eigenvalue weighted by molar-refractivity contribution is 5.99. The van der Waals surface area contributed by atoms with Gasteiger partial charge < -0.3 is 14.2 Å². The van der Waals surface area contributed by atoms with E-state index in [9.17, 15) is 9.59 Å². The molecular weight excluding hydrogens is 344 g/mol. The molecule has 0 spiro atoms. The molecule has 1 aliphatic heterocycles. The summed E-state index contributed by atoms with van der Waals surface area (Å²) in [5.74, 6) is 2.94. The Morgan fingerprint density at radius 3 is 2.26 bits per heavy atom. The first-order chi connectivity index (χ1) is 13.0. The maximum absolute atomic E-state index is 13.4. The molecule has 5 heteroatoms. The third-order valence-corrected chi connectivity index (χ3v) is 7.38. The van der Waals surface area contributed by atoms with E-state index in [1.807, 2.05) is 6.07 Å². The predicted molar refractivity (Wildman–Crippen MR) is 97.9 cm³/mol. The average Bonchev–Trinajstić information content (AvgIpc) is 2.95. The Kier molecular flexibility index (Phi) is 3.78. The lowest BCUT2D eigenvalue weighted by Gasteiger charge is -2.56. The molecule has 4 fully saturated rings. The highest BCUT2D eigenvalue weighted by Gasteiger charge is 2.55. The van der Waals surface area contributed by atoms with Crippen molar-refractivity contribution >= 4 is 11.8 Å². The Bertz CT molecular complexity index is 776. The second-order valence-corrected chi connectivity index (χ2v) is 8.98. The van der Waals surface area contributed by atoms with Crippen molar-refractivity contribution < 1.29 is 23.8 Å². The fraction of sp³-hybridized carbons (Fsp3) is 0.636. The summed E-state index contributed by atoms with van der Waals surface area (Å²) in [5, 5.41) is 0. The predicted octanol–water partition coefficient (Wildman–Crippen LogP) is 4.09. The molecular formula is C22H26O5. The minimum Gasteiger partial charge on any atom is -0.493 e. The number of carbonyl (C=O) groups is 2. The second-order valence-electron chi connectivity index (χ2n) is 8.98. The van der Waals surface area contributed by atoms with Gasteiger partial charge in [0.15, 0.2) is 11.5 Å². The monoisotopic (exact) mass is 370 g/mol. The fourth-order valence-electron chi connectivity index (χ4n) is 6.66. The molecule has 0 N–H and O–H groups in total. The number of rotatable bonds is 5. The van der Waals surface area contributed by atoms with E-state index in [4.69, 9.17) is 14.2 Å². The van der Waals surface area contributed by atoms with E-state index >= 15 is 0 Å². The normalized spacial score (nSPS) is 35.7. The van der Waals surface area contributed by atoms with Crippen LogP contribution >= 0.6 is 0 Å². The van der Waals surface area contributed by atoms with Gasteiger partial charge in [0.1, 0.15) is 17.5 Å². The van der Waals surface area contributed by atoms with Crippen LogP contribution in [0, 0.1) is 23.2 Å². The van der Waals surface area contributed by atoms with Crippen LogP contribution in [0.5, 0.6) is 11.5 Å². The fourth-order valence-corrected chi connectivity index (χ4v) is 6.66. The maximum Gasteiger partial charge on any atom is 0.343 e. The van der Waals surface area contributed by atoms with E-state index < -0.39 is 12.1 Å². The number of carbonyl (C=O) groups excluding carboxylic acids is 2. The van der Waals surface area contributed by atoms with E-state index in [0.717, 1.165) is 42.6 Å². The minimum atomic E-state index is -0.507. The van der Waals surface area contributed by atoms with Crippen molar-refractivity contribution in [2.45, 2.75) is 51.0 Å². The molecule has 144 valence electrons. The van der Waals surface area contributed by atoms with Crippen LogP contribution in [0.3, 0.4) is 0 Å². The van der Waals surface area contributed by atoms with Gasteiger partial charge in [0.2, 0.25) is 0 Å². The van der Waals surface area contributed by atoms with Crippen LogP contribution in [0.4, 0.5) is 0 Å². The van der Waals surface area contributed by atoms with Gasteiger partial charge in [-0.2, -0.15) is 0 Å². The molecule has 0 amide bonds. The molecule has 5 nitrogen and oxygen atoms in total. The average molecular weight is 370 g/mol. The van der Waals surface area contributed by atoms with Crippen LogP contribution in [-0.2, 0) is 9.53 Å². The van der Waals surface area contributed by atoms with Crippen molar-refractivity contribution in [1.29, 1.82) is 0 Å². The third-order valence-electron chi connectivity index (χ3n) is 7.38. The van der Waals surface area contributed by atoms with E-state index in [1.54, 1.807) is 13.2 Å². The summed E-state index contributed by atoms with van der Waals surface area (Å²) in [6.45, 7) is 0. The van der Waals surface area contributed by atoms with Crippen LogP contribution in [0.1, 0.15) is 67.0 Å². The molecule has 0 unspecified atom stereocenters. The molecule has 1 aromatic carbocycles. The second kappa shape index (κ2) is 5.98. The van der Waals surface area contributed by atoms with Gasteiger partial charge in [-0.15, -0.1) is 0 Å². The molecule has 6 rings (SSSR count). The minimum absolute atomic E-state index is 0.166. The Morgan fingerprint density at radius 2 is 1.70 bits per heavy atom. The first-order valence-corrected chi connectivity index (χ1v) is 10.0. The Balaban J connectivity index is 1.42. The van der Waals surface area contributed by atoms with Gasteiger partial charge in [0, 0.05) is 17.4 Å². The zero-order valence-corrected chi connectivity index (χ0v) is 16.0. The van der Waals surface area contributed by atoms with Crippen molar-refractivity contribution in [3.8, 4) is 11.5 Å². The number of cyclic esters (lactones) is 1. The molecule has 4 bridgehead atoms. The quantitative estimate of drug-likeness (QED) is 0.731. The first kappa shape index (κ1) is 17.1. The zero-order valence-electron chi connectivity index (χ0n) is 16.0. The van der Waals surface area contributed by atoms with Gasteiger partial charge in [0.05, 0.1) is 14.2 Å². The molecule has 0 aromatic heterocycles. The van der Waals surface area contributed by atoms with Gasteiger partial charge >= 0.3 is 5.97 Å². The molecule has 1 heterocycles. The number of ketones is 1. The van der Waals surface area contributed by atoms with E-state index in [-0.39, 0.29) is 11.8 Å². The lowest BCUT2D eigenvalue weighted by molar-refractivity contribution is -0.145. The van der Waals surface area contributed by atoms with Gasteiger partial charge in [-0.3, -0.25) is 4.79 Å². The molecule has 0 saturated heterocycles. The summed E-state index contributed by atoms with van der Waals surface area (Å²) in [6.07, 6.45) is 6.82. The number of methoxy groups -OCH3 is 2. The van der Waals surface area contributed by atoms with Crippen LogP contribution in [0.15, 0.2) is 12.1 Å². The highest BCUT2D eigenvalue weighted by Crippen LogP contribution is 2.61. The SMILES string of the molecule is COc1ccc2c(c1OC)C(=O)O[C@H]2CC(=O)C12CC3CC(CC(C3)C1)C2. The van der Waals surface area contributed by atoms with Crippen molar-refractivity contribution in [3.63, 3.8) is 0 Å². The molecule has 1 aromatic rings. The van der Waals surface area contributed by atoms with Gasteiger partial charge in [-0.1, -0.05) is 6.07 Å². The topological polar surface area (TPSA) is 61.8 Å². The van der Waals surface area contributed by atoms with E-state index in [0.29, 0.717) is 22.8 Å². The number of Topliss-reactive ketones (excluding diaryl/α,β-unsaturated/α-hetero) is 1. The van der Waals surface area contributed by atoms with Crippen LogP contribution in [-0.4, -0.2) is 26.0 Å². The number of hydrogen-bond donors (Lipinski definition) is 0. The molecule has 4 saturated carbocycles. The van der Waals surface area contributed by atoms with Crippen molar-refractivity contribution in [1.82, 2.24) is 0 Å². The molecule has 5 aliphatic rings. The summed E-state index contributed by atoms with van der Waals surface area (Å²) >= 11 is 0. The van der Waals surface area contributed by atoms with Crippen molar-refractivity contribution in [2.75, 3.05) is 14.2 Å². The molecule has 0 radical (unpaired) electrons. The highest BCUT2D eigenvalue weighted by atomic mass is 16.6. The standard InChI is InChI=1S/C22H26O5/c1-25-16-4-3-15-17(27-21(24)19(15)20(16)26-2)8-18(23)22-9-12-5-13(10-22)7-14(6-12)11-22/h3-4,12-14,17H,5-11H2,1-2H3/t12?,13?,14?,17-,22?/m0/s1. The Hall–Kier alpha value is -2.04. The molecule has 1 atom stereocenters. The lowest BCUT2D eigenvalue weighted by atomic mass is 9.48. The Labute approximate surface area is 159 Å². The molecule has 27 heavy (non-hydrogen) atoms. The van der Waals surface area contributed by atoms with Crippen LogP contribution in [0.25, 0.3) is 0 Å². The number of ether oxygens (including phenoxy) is 3. The lowest BCUT2D eigenvalue weighted by Crippen LogP contribution is -2.50. The zero-order chi connectivity index (χ0) is 18.8. The smallest absolute Gasteiger partial charge is 0.343 e. The summed E-state index contributed by atoms with van der Waals surface area (Å²) in [4.78, 5) is 25.9. The summed E-state index contributed by atoms with van der Waals surface area (Å²) in [7, 11) is 3.05. The van der Waals surface area contributed by atoms with Crippen molar-refractivity contribution in [2.24, 2.45) is 23.2 Å². The van der Waals surface area contributed by atoms with Crippen LogP contribution in [0.2, 0.25) is 0 Å².